The van der Waals surface area contributed by atoms with Gasteiger partial charge in [-0.05, 0) is 20.8 Å². The van der Waals surface area contributed by atoms with Gasteiger partial charge in [0.1, 0.15) is 5.60 Å². The van der Waals surface area contributed by atoms with Crippen LogP contribution in [0.5, 0.6) is 11.5 Å². The van der Waals surface area contributed by atoms with Crippen LogP contribution in [-0.4, -0.2) is 11.7 Å². The van der Waals surface area contributed by atoms with E-state index in [2.05, 4.69) is 32.9 Å². The Kier molecular flexibility index (Phi) is 2.17. The van der Waals surface area contributed by atoms with Gasteiger partial charge in [-0.2, -0.15) is 0 Å². The lowest BCUT2D eigenvalue weighted by atomic mass is 9.94. The zero-order valence-electron chi connectivity index (χ0n) is 10.6. The number of benzene rings is 1. The third kappa shape index (κ3) is 1.69. The highest BCUT2D eigenvalue weighted by Crippen LogP contribution is 2.48. The van der Waals surface area contributed by atoms with Gasteiger partial charge in [-0.25, -0.2) is 0 Å². The van der Waals surface area contributed by atoms with Gasteiger partial charge in [0.15, 0.2) is 11.5 Å². The summed E-state index contributed by atoms with van der Waals surface area (Å²) in [4.78, 5) is 0. The summed E-state index contributed by atoms with van der Waals surface area (Å²) in [6.45, 7) is 6.26. The lowest BCUT2D eigenvalue weighted by Crippen LogP contribution is -2.28. The van der Waals surface area contributed by atoms with Crippen molar-refractivity contribution in [3.05, 3.63) is 23.3 Å². The van der Waals surface area contributed by atoms with Crippen LogP contribution < -0.4 is 15.2 Å². The van der Waals surface area contributed by atoms with Crippen molar-refractivity contribution in [3.63, 3.8) is 0 Å². The number of hydrogen-bond donors (Lipinski definition) is 1. The van der Waals surface area contributed by atoms with Crippen LogP contribution in [0.25, 0.3) is 0 Å². The smallest absolute Gasteiger partial charge is 0.166 e. The molecule has 0 amide bonds. The molecule has 17 heavy (non-hydrogen) atoms. The second kappa shape index (κ2) is 3.39. The van der Waals surface area contributed by atoms with Crippen molar-refractivity contribution >= 4 is 0 Å². The standard InChI is InChI=1S/C14H19NO2/c1-8-6-11(15)10-5-4-9-7-14(2,3)17-12(9)13(10)16-8/h4-5,8,11H,6-7,15H2,1-3H3. The van der Waals surface area contributed by atoms with Crippen molar-refractivity contribution < 1.29 is 9.47 Å². The van der Waals surface area contributed by atoms with Crippen LogP contribution in [0.15, 0.2) is 12.1 Å². The Balaban J connectivity index is 2.11. The predicted octanol–water partition coefficient (Wildman–Crippen LogP) is 2.57. The first-order chi connectivity index (χ1) is 7.96. The molecule has 0 spiro atoms. The zero-order valence-corrected chi connectivity index (χ0v) is 10.6. The summed E-state index contributed by atoms with van der Waals surface area (Å²) in [6.07, 6.45) is 1.97. The van der Waals surface area contributed by atoms with Crippen molar-refractivity contribution in [2.45, 2.75) is 51.4 Å². The van der Waals surface area contributed by atoms with E-state index in [1.54, 1.807) is 0 Å². The molecular formula is C14H19NO2. The summed E-state index contributed by atoms with van der Waals surface area (Å²) in [7, 11) is 0. The fraction of sp³-hybridized carbons (Fsp3) is 0.571. The molecule has 3 rings (SSSR count). The molecule has 0 saturated heterocycles. The minimum Gasteiger partial charge on any atom is -0.486 e. The van der Waals surface area contributed by atoms with Crippen molar-refractivity contribution in [1.82, 2.24) is 0 Å². The lowest BCUT2D eigenvalue weighted by Gasteiger charge is -2.29. The molecule has 3 nitrogen and oxygen atoms in total. The third-order valence-corrected chi connectivity index (χ3v) is 3.52. The summed E-state index contributed by atoms with van der Waals surface area (Å²) in [5, 5.41) is 0. The molecule has 2 atom stereocenters. The molecule has 2 unspecified atom stereocenters. The lowest BCUT2D eigenvalue weighted by molar-refractivity contribution is 0.119. The van der Waals surface area contributed by atoms with E-state index in [0.29, 0.717) is 0 Å². The van der Waals surface area contributed by atoms with Crippen LogP contribution >= 0.6 is 0 Å². The molecule has 2 aliphatic heterocycles. The van der Waals surface area contributed by atoms with E-state index in [9.17, 15) is 0 Å². The van der Waals surface area contributed by atoms with Crippen molar-refractivity contribution in [1.29, 1.82) is 0 Å². The van der Waals surface area contributed by atoms with Gasteiger partial charge in [0.25, 0.3) is 0 Å². The topological polar surface area (TPSA) is 44.5 Å². The molecule has 92 valence electrons. The van der Waals surface area contributed by atoms with Crippen LogP contribution in [0.3, 0.4) is 0 Å². The molecule has 2 heterocycles. The number of hydrogen-bond acceptors (Lipinski definition) is 3. The molecule has 3 heteroatoms. The van der Waals surface area contributed by atoms with E-state index in [-0.39, 0.29) is 17.7 Å². The van der Waals surface area contributed by atoms with Crippen molar-refractivity contribution in [2.75, 3.05) is 0 Å². The van der Waals surface area contributed by atoms with Crippen molar-refractivity contribution in [2.24, 2.45) is 5.73 Å². The summed E-state index contributed by atoms with van der Waals surface area (Å²) in [5.41, 5.74) is 8.34. The highest BCUT2D eigenvalue weighted by Gasteiger charge is 2.36. The molecular weight excluding hydrogens is 214 g/mol. The number of nitrogens with two attached hydrogens (primary N) is 1. The van der Waals surface area contributed by atoms with E-state index in [1.165, 1.54) is 5.56 Å². The maximum Gasteiger partial charge on any atom is 0.166 e. The SMILES string of the molecule is CC1CC(N)c2ccc3c(c2O1)OC(C)(C)C3. The van der Waals surface area contributed by atoms with Gasteiger partial charge in [0, 0.05) is 30.0 Å². The Morgan fingerprint density at radius 1 is 1.29 bits per heavy atom. The number of fused-ring (bicyclic) bond motifs is 3. The third-order valence-electron chi connectivity index (χ3n) is 3.52. The fourth-order valence-corrected chi connectivity index (χ4v) is 2.79. The summed E-state index contributed by atoms with van der Waals surface area (Å²) >= 11 is 0. The largest absolute Gasteiger partial charge is 0.486 e. The maximum atomic E-state index is 6.16. The highest BCUT2D eigenvalue weighted by atomic mass is 16.5. The molecule has 0 saturated carbocycles. The van der Waals surface area contributed by atoms with Gasteiger partial charge < -0.3 is 15.2 Å². The van der Waals surface area contributed by atoms with E-state index in [1.807, 2.05) is 0 Å². The van der Waals surface area contributed by atoms with Gasteiger partial charge in [0.05, 0.1) is 6.10 Å². The monoisotopic (exact) mass is 233 g/mol. The summed E-state index contributed by atoms with van der Waals surface area (Å²) in [5.74, 6) is 1.79. The molecule has 1 aromatic carbocycles. The Bertz CT molecular complexity index is 468. The Morgan fingerprint density at radius 3 is 2.82 bits per heavy atom. The first-order valence-corrected chi connectivity index (χ1v) is 6.23. The van der Waals surface area contributed by atoms with Gasteiger partial charge in [-0.3, -0.25) is 0 Å². The van der Waals surface area contributed by atoms with Crippen LogP contribution in [0.2, 0.25) is 0 Å². The molecule has 0 aliphatic carbocycles. The second-order valence-corrected chi connectivity index (χ2v) is 5.78. The van der Waals surface area contributed by atoms with E-state index < -0.39 is 0 Å². The van der Waals surface area contributed by atoms with Gasteiger partial charge in [0.2, 0.25) is 0 Å². The zero-order chi connectivity index (χ0) is 12.2. The van der Waals surface area contributed by atoms with Gasteiger partial charge >= 0.3 is 0 Å². The number of ether oxygens (including phenoxy) is 2. The average Bonchev–Trinajstić information content (AvgIpc) is 2.52. The highest BCUT2D eigenvalue weighted by molar-refractivity contribution is 5.56. The second-order valence-electron chi connectivity index (χ2n) is 5.78. The minimum atomic E-state index is -0.133. The molecule has 0 bridgehead atoms. The fourth-order valence-electron chi connectivity index (χ4n) is 2.79. The van der Waals surface area contributed by atoms with E-state index in [4.69, 9.17) is 15.2 Å². The van der Waals surface area contributed by atoms with E-state index >= 15 is 0 Å². The quantitative estimate of drug-likeness (QED) is 0.749. The van der Waals surface area contributed by atoms with Crippen molar-refractivity contribution in [3.8, 4) is 11.5 Å². The predicted molar refractivity (Wildman–Crippen MR) is 66.5 cm³/mol. The van der Waals surface area contributed by atoms with Gasteiger partial charge in [-0.1, -0.05) is 12.1 Å². The van der Waals surface area contributed by atoms with Crippen LogP contribution in [0, 0.1) is 0 Å². The van der Waals surface area contributed by atoms with E-state index in [0.717, 1.165) is 29.9 Å². The molecule has 1 aromatic rings. The van der Waals surface area contributed by atoms with Crippen LogP contribution in [-0.2, 0) is 6.42 Å². The molecule has 2 N–H and O–H groups in total. The molecule has 0 aromatic heterocycles. The molecule has 2 aliphatic rings. The Labute approximate surface area is 102 Å². The normalized spacial score (nSPS) is 28.9. The summed E-state index contributed by atoms with van der Waals surface area (Å²) < 4.78 is 11.9. The Hall–Kier alpha value is -1.22. The first kappa shape index (κ1) is 10.9. The minimum absolute atomic E-state index is 0.0614. The first-order valence-electron chi connectivity index (χ1n) is 6.23. The number of rotatable bonds is 0. The molecule has 0 fully saturated rings. The average molecular weight is 233 g/mol. The molecule has 0 radical (unpaired) electrons. The maximum absolute atomic E-state index is 6.16. The summed E-state index contributed by atoms with van der Waals surface area (Å²) in [6, 6.07) is 4.28. The van der Waals surface area contributed by atoms with Crippen LogP contribution in [0.1, 0.15) is 44.4 Å². The van der Waals surface area contributed by atoms with Crippen LogP contribution in [0.4, 0.5) is 0 Å². The Morgan fingerprint density at radius 2 is 2.06 bits per heavy atom. The van der Waals surface area contributed by atoms with Gasteiger partial charge in [-0.15, -0.1) is 0 Å².